The molecule has 0 aliphatic heterocycles. The van der Waals surface area contributed by atoms with Gasteiger partial charge in [0, 0.05) is 30.4 Å². The number of aryl methyl sites for hydroxylation is 1. The molecule has 0 unspecified atom stereocenters. The summed E-state index contributed by atoms with van der Waals surface area (Å²) in [6.45, 7) is 6.72. The maximum atomic E-state index is 5.99. The molecule has 0 fully saturated rings. The Morgan fingerprint density at radius 2 is 2.05 bits per heavy atom. The topological polar surface area (TPSA) is 50.7 Å². The molecule has 19 heavy (non-hydrogen) atoms. The molecule has 0 atom stereocenters. The van der Waals surface area contributed by atoms with Crippen LogP contribution in [0.1, 0.15) is 36.8 Å². The molecule has 0 aliphatic rings. The lowest BCUT2D eigenvalue weighted by Crippen LogP contribution is -2.06. The van der Waals surface area contributed by atoms with Crippen molar-refractivity contribution in [3.8, 4) is 0 Å². The van der Waals surface area contributed by atoms with Crippen LogP contribution >= 0.6 is 11.6 Å². The summed E-state index contributed by atoms with van der Waals surface area (Å²) >= 11 is 5.99. The number of hydrogen-bond acceptors (Lipinski definition) is 4. The number of pyridine rings is 1. The fraction of sp³-hybridized carbons (Fsp3) is 0.357. The number of nitrogens with one attached hydrogen (secondary N) is 1. The first kappa shape index (κ1) is 13.7. The van der Waals surface area contributed by atoms with Gasteiger partial charge in [0.1, 0.15) is 16.8 Å². The van der Waals surface area contributed by atoms with Gasteiger partial charge in [0.25, 0.3) is 0 Å². The van der Waals surface area contributed by atoms with Crippen LogP contribution in [0.3, 0.4) is 0 Å². The zero-order valence-electron chi connectivity index (χ0n) is 11.3. The Balaban J connectivity index is 2.08. The summed E-state index contributed by atoms with van der Waals surface area (Å²) in [5.74, 6) is 1.74. The van der Waals surface area contributed by atoms with E-state index in [1.807, 2.05) is 39.1 Å². The van der Waals surface area contributed by atoms with E-state index in [0.717, 1.165) is 22.9 Å². The number of rotatable bonds is 4. The van der Waals surface area contributed by atoms with Crippen molar-refractivity contribution in [2.24, 2.45) is 0 Å². The lowest BCUT2D eigenvalue weighted by Gasteiger charge is -2.09. The molecule has 0 saturated heterocycles. The molecule has 0 saturated carbocycles. The molecule has 1 N–H and O–H groups in total. The van der Waals surface area contributed by atoms with Gasteiger partial charge in [-0.2, -0.15) is 0 Å². The third kappa shape index (κ3) is 3.89. The van der Waals surface area contributed by atoms with Gasteiger partial charge in [0.2, 0.25) is 0 Å². The highest BCUT2D eigenvalue weighted by Crippen LogP contribution is 2.17. The van der Waals surface area contributed by atoms with Gasteiger partial charge in [-0.25, -0.2) is 9.97 Å². The lowest BCUT2D eigenvalue weighted by atomic mass is 10.2. The van der Waals surface area contributed by atoms with Gasteiger partial charge in [0.15, 0.2) is 0 Å². The van der Waals surface area contributed by atoms with E-state index in [1.54, 1.807) is 6.07 Å². The number of nitrogens with zero attached hydrogens (tertiary/aromatic N) is 3. The Morgan fingerprint density at radius 3 is 2.68 bits per heavy atom. The van der Waals surface area contributed by atoms with Crippen LogP contribution in [0.25, 0.3) is 0 Å². The van der Waals surface area contributed by atoms with Crippen molar-refractivity contribution in [2.75, 3.05) is 5.32 Å². The van der Waals surface area contributed by atoms with Crippen LogP contribution in [0, 0.1) is 6.92 Å². The first-order valence-corrected chi connectivity index (χ1v) is 6.62. The van der Waals surface area contributed by atoms with Crippen molar-refractivity contribution >= 4 is 17.4 Å². The second-order valence-electron chi connectivity index (χ2n) is 4.75. The summed E-state index contributed by atoms with van der Waals surface area (Å²) < 4.78 is 0. The van der Waals surface area contributed by atoms with Crippen molar-refractivity contribution in [1.82, 2.24) is 15.0 Å². The molecule has 5 heteroatoms. The summed E-state index contributed by atoms with van der Waals surface area (Å²) in [7, 11) is 0. The highest BCUT2D eigenvalue weighted by molar-refractivity contribution is 6.29. The van der Waals surface area contributed by atoms with Gasteiger partial charge in [-0.15, -0.1) is 0 Å². The van der Waals surface area contributed by atoms with Crippen molar-refractivity contribution < 1.29 is 0 Å². The summed E-state index contributed by atoms with van der Waals surface area (Å²) in [5.41, 5.74) is 2.11. The van der Waals surface area contributed by atoms with E-state index in [4.69, 9.17) is 11.6 Å². The number of halogens is 1. The fourth-order valence-electron chi connectivity index (χ4n) is 1.58. The largest absolute Gasteiger partial charge is 0.366 e. The smallest absolute Gasteiger partial charge is 0.135 e. The van der Waals surface area contributed by atoms with E-state index in [0.29, 0.717) is 11.7 Å². The summed E-state index contributed by atoms with van der Waals surface area (Å²) in [6, 6.07) is 5.76. The second kappa shape index (κ2) is 5.97. The van der Waals surface area contributed by atoms with E-state index in [1.165, 1.54) is 0 Å². The third-order valence-corrected chi connectivity index (χ3v) is 2.87. The minimum absolute atomic E-state index is 0.250. The first-order valence-electron chi connectivity index (χ1n) is 6.24. The second-order valence-corrected chi connectivity index (χ2v) is 5.14. The third-order valence-electron chi connectivity index (χ3n) is 2.67. The van der Waals surface area contributed by atoms with Crippen molar-refractivity contribution in [3.05, 3.63) is 46.6 Å². The van der Waals surface area contributed by atoms with E-state index < -0.39 is 0 Å². The van der Waals surface area contributed by atoms with E-state index in [9.17, 15) is 0 Å². The first-order chi connectivity index (χ1) is 9.04. The van der Waals surface area contributed by atoms with E-state index in [-0.39, 0.29) is 5.92 Å². The maximum absolute atomic E-state index is 5.99. The molecule has 0 radical (unpaired) electrons. The Kier molecular flexibility index (Phi) is 4.32. The molecule has 0 amide bonds. The van der Waals surface area contributed by atoms with Crippen molar-refractivity contribution in [2.45, 2.75) is 33.2 Å². The Morgan fingerprint density at radius 1 is 1.26 bits per heavy atom. The number of anilines is 1. The Labute approximate surface area is 118 Å². The van der Waals surface area contributed by atoms with Crippen molar-refractivity contribution in [3.63, 3.8) is 0 Å². The number of aromatic nitrogens is 3. The van der Waals surface area contributed by atoms with E-state index >= 15 is 0 Å². The van der Waals surface area contributed by atoms with Crippen LogP contribution in [0.5, 0.6) is 0 Å². The highest BCUT2D eigenvalue weighted by atomic mass is 35.5. The van der Waals surface area contributed by atoms with Gasteiger partial charge in [-0.05, 0) is 18.6 Å². The molecule has 0 aliphatic carbocycles. The summed E-state index contributed by atoms with van der Waals surface area (Å²) in [4.78, 5) is 12.9. The molecule has 2 rings (SSSR count). The zero-order valence-corrected chi connectivity index (χ0v) is 12.1. The Hall–Kier alpha value is -1.68. The van der Waals surface area contributed by atoms with Gasteiger partial charge in [0.05, 0.1) is 0 Å². The van der Waals surface area contributed by atoms with Gasteiger partial charge in [-0.3, -0.25) is 4.98 Å². The van der Waals surface area contributed by atoms with Crippen LogP contribution < -0.4 is 5.32 Å². The molecular weight excluding hydrogens is 260 g/mol. The quantitative estimate of drug-likeness (QED) is 0.868. The van der Waals surface area contributed by atoms with E-state index in [2.05, 4.69) is 20.3 Å². The molecule has 0 spiro atoms. The summed E-state index contributed by atoms with van der Waals surface area (Å²) in [5, 5.41) is 3.70. The molecule has 100 valence electrons. The Bertz CT molecular complexity index is 552. The minimum Gasteiger partial charge on any atom is -0.366 e. The predicted molar refractivity (Wildman–Crippen MR) is 77.4 cm³/mol. The zero-order chi connectivity index (χ0) is 13.8. The fourth-order valence-corrected chi connectivity index (χ4v) is 1.77. The lowest BCUT2D eigenvalue weighted by molar-refractivity contribution is 0.774. The maximum Gasteiger partial charge on any atom is 0.135 e. The predicted octanol–water partition coefficient (Wildman–Crippen LogP) is 3.57. The van der Waals surface area contributed by atoms with Gasteiger partial charge in [-0.1, -0.05) is 31.5 Å². The standard InChI is InChI=1S/C14H17ClN4/c1-9(2)14-18-12(15)6-13(19-14)17-8-11-5-4-10(3)16-7-11/h4-7,9H,8H2,1-3H3,(H,17,18,19). The molecular formula is C14H17ClN4. The average molecular weight is 277 g/mol. The molecule has 4 nitrogen and oxygen atoms in total. The molecule has 2 aromatic rings. The van der Waals surface area contributed by atoms with Gasteiger partial charge < -0.3 is 5.32 Å². The monoisotopic (exact) mass is 276 g/mol. The van der Waals surface area contributed by atoms with Crippen LogP contribution in [-0.2, 0) is 6.54 Å². The van der Waals surface area contributed by atoms with Crippen LogP contribution in [-0.4, -0.2) is 15.0 Å². The number of hydrogen-bond donors (Lipinski definition) is 1. The van der Waals surface area contributed by atoms with Crippen molar-refractivity contribution in [1.29, 1.82) is 0 Å². The van der Waals surface area contributed by atoms with Gasteiger partial charge >= 0.3 is 0 Å². The molecule has 2 aromatic heterocycles. The molecule has 2 heterocycles. The minimum atomic E-state index is 0.250. The average Bonchev–Trinajstić information content (AvgIpc) is 2.37. The normalized spacial score (nSPS) is 10.8. The van der Waals surface area contributed by atoms with Crippen LogP contribution in [0.2, 0.25) is 5.15 Å². The molecule has 0 bridgehead atoms. The van der Waals surface area contributed by atoms with Crippen LogP contribution in [0.4, 0.5) is 5.82 Å². The highest BCUT2D eigenvalue weighted by Gasteiger charge is 2.06. The molecule has 0 aromatic carbocycles. The van der Waals surface area contributed by atoms with Crippen LogP contribution in [0.15, 0.2) is 24.4 Å². The summed E-state index contributed by atoms with van der Waals surface area (Å²) in [6.07, 6.45) is 1.86. The SMILES string of the molecule is Cc1ccc(CNc2cc(Cl)nc(C(C)C)n2)cn1.